The molecule has 0 aliphatic rings. The normalized spacial score (nSPS) is 12.8. The molecule has 0 spiro atoms. The van der Waals surface area contributed by atoms with Gasteiger partial charge < -0.3 is 10.4 Å². The second kappa shape index (κ2) is 4.03. The number of nitrogens with two attached hydrogens (primary N) is 1. The number of carboxylic acid groups (broad SMARTS) is 1. The van der Waals surface area contributed by atoms with Gasteiger partial charge in [0.2, 0.25) is 10.0 Å². The highest BCUT2D eigenvalue weighted by Crippen LogP contribution is 2.00. The zero-order chi connectivity index (χ0) is 10.7. The van der Waals surface area contributed by atoms with Gasteiger partial charge in [0.1, 0.15) is 5.54 Å². The molecule has 0 saturated heterocycles. The minimum absolute atomic E-state index is 0.0259. The predicted octanol–water partition coefficient (Wildman–Crippen LogP) is -1.27. The summed E-state index contributed by atoms with van der Waals surface area (Å²) in [6, 6.07) is 0. The molecule has 6 nitrogen and oxygen atoms in total. The molecule has 78 valence electrons. The molecular formula is C6H14N2O4S. The maximum atomic E-state index is 10.5. The summed E-state index contributed by atoms with van der Waals surface area (Å²) in [5.74, 6) is -1.31. The molecule has 4 N–H and O–H groups in total. The second-order valence-electron chi connectivity index (χ2n) is 3.22. The Morgan fingerprint density at radius 3 is 2.31 bits per heavy atom. The minimum Gasteiger partial charge on any atom is -0.480 e. The van der Waals surface area contributed by atoms with E-state index in [-0.39, 0.29) is 12.3 Å². The maximum Gasteiger partial charge on any atom is 0.323 e. The Balaban J connectivity index is 3.98. The van der Waals surface area contributed by atoms with Gasteiger partial charge in [-0.05, 0) is 13.8 Å². The molecule has 0 aromatic heterocycles. The monoisotopic (exact) mass is 210 g/mol. The third-order valence-electron chi connectivity index (χ3n) is 1.49. The van der Waals surface area contributed by atoms with Crippen LogP contribution in [0, 0.1) is 0 Å². The SMILES string of the molecule is CC(C)(NCCS(N)(=O)=O)C(=O)O. The van der Waals surface area contributed by atoms with Crippen molar-refractivity contribution < 1.29 is 18.3 Å². The van der Waals surface area contributed by atoms with Crippen LogP contribution in [0.3, 0.4) is 0 Å². The molecule has 0 unspecified atom stereocenters. The highest BCUT2D eigenvalue weighted by molar-refractivity contribution is 7.89. The van der Waals surface area contributed by atoms with Crippen LogP contribution in [0.5, 0.6) is 0 Å². The molecule has 0 fully saturated rings. The average Bonchev–Trinajstić information content (AvgIpc) is 1.82. The topological polar surface area (TPSA) is 109 Å². The molecule has 0 radical (unpaired) electrons. The van der Waals surface area contributed by atoms with Crippen molar-refractivity contribution in [3.05, 3.63) is 0 Å². The Morgan fingerprint density at radius 2 is 2.00 bits per heavy atom. The molecule has 0 aliphatic carbocycles. The zero-order valence-corrected chi connectivity index (χ0v) is 8.39. The third-order valence-corrected chi connectivity index (χ3v) is 2.26. The lowest BCUT2D eigenvalue weighted by Gasteiger charge is -2.20. The van der Waals surface area contributed by atoms with E-state index in [0.29, 0.717) is 0 Å². The first kappa shape index (κ1) is 12.3. The van der Waals surface area contributed by atoms with E-state index in [1.54, 1.807) is 0 Å². The van der Waals surface area contributed by atoms with Gasteiger partial charge in [-0.25, -0.2) is 13.6 Å². The number of primary sulfonamides is 1. The van der Waals surface area contributed by atoms with E-state index in [1.165, 1.54) is 13.8 Å². The summed E-state index contributed by atoms with van der Waals surface area (Å²) in [5.41, 5.74) is -1.13. The predicted molar refractivity (Wildman–Crippen MR) is 47.7 cm³/mol. The number of hydrogen-bond donors (Lipinski definition) is 3. The summed E-state index contributed by atoms with van der Waals surface area (Å²) >= 11 is 0. The van der Waals surface area contributed by atoms with E-state index in [1.807, 2.05) is 0 Å². The summed E-state index contributed by atoms with van der Waals surface area (Å²) in [4.78, 5) is 10.5. The Kier molecular flexibility index (Phi) is 3.83. The summed E-state index contributed by atoms with van der Waals surface area (Å²) < 4.78 is 21.0. The molecule has 0 aromatic rings. The Labute approximate surface area is 77.2 Å². The molecule has 0 aromatic carbocycles. The van der Waals surface area contributed by atoms with Crippen LogP contribution >= 0.6 is 0 Å². The first-order valence-electron chi connectivity index (χ1n) is 3.64. The first-order valence-corrected chi connectivity index (χ1v) is 5.35. The summed E-state index contributed by atoms with van der Waals surface area (Å²) in [6.07, 6.45) is 0. The number of hydrogen-bond acceptors (Lipinski definition) is 4. The van der Waals surface area contributed by atoms with Gasteiger partial charge in [0.05, 0.1) is 5.75 Å². The van der Waals surface area contributed by atoms with Gasteiger partial charge in [-0.3, -0.25) is 4.79 Å². The lowest BCUT2D eigenvalue weighted by Crippen LogP contribution is -2.48. The number of carboxylic acids is 1. The molecule has 0 heterocycles. The van der Waals surface area contributed by atoms with Crippen molar-refractivity contribution in [1.29, 1.82) is 0 Å². The van der Waals surface area contributed by atoms with E-state index >= 15 is 0 Å². The number of carbonyl (C=O) groups is 1. The van der Waals surface area contributed by atoms with Crippen LogP contribution in [0.15, 0.2) is 0 Å². The van der Waals surface area contributed by atoms with Crippen LogP contribution in [0.1, 0.15) is 13.8 Å². The number of aliphatic carboxylic acids is 1. The van der Waals surface area contributed by atoms with Crippen LogP contribution in [0.2, 0.25) is 0 Å². The smallest absolute Gasteiger partial charge is 0.323 e. The fourth-order valence-electron chi connectivity index (χ4n) is 0.581. The lowest BCUT2D eigenvalue weighted by molar-refractivity contribution is -0.143. The van der Waals surface area contributed by atoms with Gasteiger partial charge in [0.15, 0.2) is 0 Å². The van der Waals surface area contributed by atoms with E-state index in [9.17, 15) is 13.2 Å². The highest BCUT2D eigenvalue weighted by Gasteiger charge is 2.26. The molecule has 0 saturated carbocycles. The van der Waals surface area contributed by atoms with Gasteiger partial charge in [-0.1, -0.05) is 0 Å². The van der Waals surface area contributed by atoms with Crippen LogP contribution in [0.4, 0.5) is 0 Å². The molecule has 0 rings (SSSR count). The average molecular weight is 210 g/mol. The fraction of sp³-hybridized carbons (Fsp3) is 0.833. The van der Waals surface area contributed by atoms with Crippen molar-refractivity contribution in [2.24, 2.45) is 5.14 Å². The molecule has 13 heavy (non-hydrogen) atoms. The van der Waals surface area contributed by atoms with Gasteiger partial charge >= 0.3 is 5.97 Å². The molecule has 0 aliphatic heterocycles. The number of sulfonamides is 1. The number of nitrogens with one attached hydrogen (secondary N) is 1. The summed E-state index contributed by atoms with van der Waals surface area (Å²) in [7, 11) is -3.53. The van der Waals surface area contributed by atoms with E-state index < -0.39 is 21.5 Å². The van der Waals surface area contributed by atoms with Crippen LogP contribution < -0.4 is 10.5 Å². The van der Waals surface area contributed by atoms with Crippen molar-refractivity contribution in [2.45, 2.75) is 19.4 Å². The second-order valence-corrected chi connectivity index (χ2v) is 4.96. The summed E-state index contributed by atoms with van der Waals surface area (Å²) in [5, 5.41) is 15.9. The van der Waals surface area contributed by atoms with Crippen molar-refractivity contribution in [3.8, 4) is 0 Å². The largest absolute Gasteiger partial charge is 0.480 e. The van der Waals surface area contributed by atoms with Gasteiger partial charge in [0, 0.05) is 6.54 Å². The maximum absolute atomic E-state index is 10.5. The minimum atomic E-state index is -3.53. The number of rotatable bonds is 5. The molecule has 7 heteroatoms. The fourth-order valence-corrected chi connectivity index (χ4v) is 0.968. The van der Waals surface area contributed by atoms with Crippen molar-refractivity contribution in [1.82, 2.24) is 5.32 Å². The molecule has 0 amide bonds. The van der Waals surface area contributed by atoms with Crippen LogP contribution in [0.25, 0.3) is 0 Å². The van der Waals surface area contributed by atoms with Gasteiger partial charge in [-0.15, -0.1) is 0 Å². The highest BCUT2D eigenvalue weighted by atomic mass is 32.2. The van der Waals surface area contributed by atoms with Gasteiger partial charge in [0.25, 0.3) is 0 Å². The first-order chi connectivity index (χ1) is 5.65. The molecular weight excluding hydrogens is 196 g/mol. The molecule has 0 atom stereocenters. The van der Waals surface area contributed by atoms with Crippen LogP contribution in [-0.4, -0.2) is 37.3 Å². The zero-order valence-electron chi connectivity index (χ0n) is 7.57. The van der Waals surface area contributed by atoms with Gasteiger partial charge in [-0.2, -0.15) is 0 Å². The third kappa shape index (κ3) is 5.56. The summed E-state index contributed by atoms with van der Waals surface area (Å²) in [6.45, 7) is 2.91. The Morgan fingerprint density at radius 1 is 1.54 bits per heavy atom. The lowest BCUT2D eigenvalue weighted by atomic mass is 10.1. The van der Waals surface area contributed by atoms with E-state index in [2.05, 4.69) is 5.32 Å². The van der Waals surface area contributed by atoms with Crippen molar-refractivity contribution in [2.75, 3.05) is 12.3 Å². The Hall–Kier alpha value is -0.660. The Bertz CT molecular complexity index is 283. The van der Waals surface area contributed by atoms with E-state index in [0.717, 1.165) is 0 Å². The van der Waals surface area contributed by atoms with E-state index in [4.69, 9.17) is 10.2 Å². The van der Waals surface area contributed by atoms with Crippen LogP contribution in [-0.2, 0) is 14.8 Å². The van der Waals surface area contributed by atoms with Crippen molar-refractivity contribution >= 4 is 16.0 Å². The quantitative estimate of drug-likeness (QED) is 0.524. The van der Waals surface area contributed by atoms with Crippen molar-refractivity contribution in [3.63, 3.8) is 0 Å². The molecule has 0 bridgehead atoms. The standard InChI is InChI=1S/C6H14N2O4S/c1-6(2,5(9)10)8-3-4-13(7,11)12/h8H,3-4H2,1-2H3,(H,9,10)(H2,7,11,12).